The quantitative estimate of drug-likeness (QED) is 0.791. The number of nitrogen functional groups attached to an aromatic ring is 1. The molecular weight excluding hydrogens is 232 g/mol. The SMILES string of the molecule is Nc1ccc(-c2nc(N3CCOCC3)n[nH]2)cn1. The van der Waals surface area contributed by atoms with Gasteiger partial charge in [0.15, 0.2) is 5.82 Å². The first-order chi connectivity index (χ1) is 8.83. The van der Waals surface area contributed by atoms with Gasteiger partial charge in [0.2, 0.25) is 5.95 Å². The van der Waals surface area contributed by atoms with Gasteiger partial charge in [0.05, 0.1) is 13.2 Å². The molecule has 3 heterocycles. The van der Waals surface area contributed by atoms with E-state index in [9.17, 15) is 0 Å². The number of ether oxygens (including phenoxy) is 1. The van der Waals surface area contributed by atoms with Crippen LogP contribution in [0, 0.1) is 0 Å². The minimum absolute atomic E-state index is 0.492. The Labute approximate surface area is 104 Å². The second kappa shape index (κ2) is 4.61. The zero-order chi connectivity index (χ0) is 12.4. The molecule has 0 atom stereocenters. The number of hydrogen-bond acceptors (Lipinski definition) is 6. The smallest absolute Gasteiger partial charge is 0.245 e. The molecule has 2 aromatic heterocycles. The van der Waals surface area contributed by atoms with Crippen LogP contribution in [0.15, 0.2) is 18.3 Å². The van der Waals surface area contributed by atoms with Gasteiger partial charge in [-0.15, -0.1) is 5.10 Å². The number of pyridine rings is 1. The Morgan fingerprint density at radius 3 is 2.83 bits per heavy atom. The van der Waals surface area contributed by atoms with Crippen molar-refractivity contribution in [3.8, 4) is 11.4 Å². The van der Waals surface area contributed by atoms with Crippen LogP contribution in [0.1, 0.15) is 0 Å². The number of nitrogens with one attached hydrogen (secondary N) is 1. The fourth-order valence-electron chi connectivity index (χ4n) is 1.83. The fourth-order valence-corrected chi connectivity index (χ4v) is 1.83. The molecule has 1 aliphatic rings. The molecule has 7 heteroatoms. The number of nitrogens with zero attached hydrogens (tertiary/aromatic N) is 4. The van der Waals surface area contributed by atoms with Crippen molar-refractivity contribution in [3.63, 3.8) is 0 Å². The molecule has 7 nitrogen and oxygen atoms in total. The number of H-pyrrole nitrogens is 1. The maximum Gasteiger partial charge on any atom is 0.245 e. The summed E-state index contributed by atoms with van der Waals surface area (Å²) in [6.45, 7) is 3.06. The van der Waals surface area contributed by atoms with Gasteiger partial charge < -0.3 is 15.4 Å². The van der Waals surface area contributed by atoms with Crippen molar-refractivity contribution in [1.29, 1.82) is 0 Å². The van der Waals surface area contributed by atoms with Crippen LogP contribution in [0.3, 0.4) is 0 Å². The Morgan fingerprint density at radius 2 is 2.11 bits per heavy atom. The van der Waals surface area contributed by atoms with Crippen molar-refractivity contribution in [2.45, 2.75) is 0 Å². The summed E-state index contributed by atoms with van der Waals surface area (Å²) in [5.41, 5.74) is 6.42. The lowest BCUT2D eigenvalue weighted by molar-refractivity contribution is 0.122. The third kappa shape index (κ3) is 2.12. The molecule has 1 fully saturated rings. The summed E-state index contributed by atoms with van der Waals surface area (Å²) in [4.78, 5) is 10.6. The van der Waals surface area contributed by atoms with Gasteiger partial charge in [-0.05, 0) is 12.1 Å². The number of aromatic nitrogens is 4. The zero-order valence-electron chi connectivity index (χ0n) is 9.83. The van der Waals surface area contributed by atoms with Crippen LogP contribution < -0.4 is 10.6 Å². The van der Waals surface area contributed by atoms with E-state index in [2.05, 4.69) is 25.1 Å². The van der Waals surface area contributed by atoms with Gasteiger partial charge in [-0.3, -0.25) is 5.10 Å². The molecule has 2 aromatic rings. The van der Waals surface area contributed by atoms with Crippen molar-refractivity contribution >= 4 is 11.8 Å². The van der Waals surface area contributed by atoms with E-state index in [0.29, 0.717) is 30.8 Å². The predicted octanol–water partition coefficient (Wildman–Crippen LogP) is 0.285. The first kappa shape index (κ1) is 11.0. The van der Waals surface area contributed by atoms with Gasteiger partial charge in [-0.2, -0.15) is 4.98 Å². The third-order valence-electron chi connectivity index (χ3n) is 2.83. The van der Waals surface area contributed by atoms with Gasteiger partial charge in [0.25, 0.3) is 0 Å². The summed E-state index contributed by atoms with van der Waals surface area (Å²) >= 11 is 0. The molecule has 0 amide bonds. The molecule has 1 aliphatic heterocycles. The number of hydrogen-bond donors (Lipinski definition) is 2. The standard InChI is InChI=1S/C11H14N6O/c12-9-2-1-8(7-13-9)10-14-11(16-15-10)17-3-5-18-6-4-17/h1-2,7H,3-6H2,(H2,12,13)(H,14,15,16). The molecule has 0 aliphatic carbocycles. The highest BCUT2D eigenvalue weighted by Crippen LogP contribution is 2.17. The van der Waals surface area contributed by atoms with E-state index in [1.165, 1.54) is 0 Å². The number of aromatic amines is 1. The molecule has 3 rings (SSSR count). The molecule has 0 spiro atoms. The maximum atomic E-state index is 5.55. The Balaban J connectivity index is 1.82. The lowest BCUT2D eigenvalue weighted by Gasteiger charge is -2.25. The normalized spacial score (nSPS) is 15.9. The Morgan fingerprint density at radius 1 is 1.28 bits per heavy atom. The van der Waals surface area contributed by atoms with E-state index in [-0.39, 0.29) is 0 Å². The molecule has 0 aromatic carbocycles. The first-order valence-corrected chi connectivity index (χ1v) is 5.80. The molecule has 3 N–H and O–H groups in total. The maximum absolute atomic E-state index is 5.55. The van der Waals surface area contributed by atoms with E-state index >= 15 is 0 Å². The summed E-state index contributed by atoms with van der Waals surface area (Å²) in [5, 5.41) is 7.13. The monoisotopic (exact) mass is 246 g/mol. The van der Waals surface area contributed by atoms with Crippen molar-refractivity contribution in [2.24, 2.45) is 0 Å². The van der Waals surface area contributed by atoms with Crippen LogP contribution in [-0.2, 0) is 4.74 Å². The van der Waals surface area contributed by atoms with Crippen LogP contribution in [0.4, 0.5) is 11.8 Å². The van der Waals surface area contributed by atoms with Gasteiger partial charge in [0.1, 0.15) is 5.82 Å². The van der Waals surface area contributed by atoms with Gasteiger partial charge >= 0.3 is 0 Å². The van der Waals surface area contributed by atoms with Crippen molar-refractivity contribution in [3.05, 3.63) is 18.3 Å². The van der Waals surface area contributed by atoms with Gasteiger partial charge in [-0.1, -0.05) is 0 Å². The summed E-state index contributed by atoms with van der Waals surface area (Å²) < 4.78 is 5.29. The molecular formula is C11H14N6O. The van der Waals surface area contributed by atoms with E-state index < -0.39 is 0 Å². The minimum Gasteiger partial charge on any atom is -0.384 e. The van der Waals surface area contributed by atoms with Crippen LogP contribution >= 0.6 is 0 Å². The highest BCUT2D eigenvalue weighted by atomic mass is 16.5. The molecule has 0 unspecified atom stereocenters. The van der Waals surface area contributed by atoms with Crippen LogP contribution in [-0.4, -0.2) is 46.5 Å². The summed E-state index contributed by atoms with van der Waals surface area (Å²) in [6, 6.07) is 3.61. The molecule has 0 saturated carbocycles. The molecule has 0 radical (unpaired) electrons. The number of rotatable bonds is 2. The first-order valence-electron chi connectivity index (χ1n) is 5.80. The van der Waals surface area contributed by atoms with E-state index in [1.807, 2.05) is 6.07 Å². The second-order valence-electron chi connectivity index (χ2n) is 4.06. The molecule has 1 saturated heterocycles. The summed E-state index contributed by atoms with van der Waals surface area (Å²) in [7, 11) is 0. The highest BCUT2D eigenvalue weighted by Gasteiger charge is 2.16. The number of nitrogens with two attached hydrogens (primary N) is 1. The fraction of sp³-hybridized carbons (Fsp3) is 0.364. The minimum atomic E-state index is 0.492. The third-order valence-corrected chi connectivity index (χ3v) is 2.83. The molecule has 0 bridgehead atoms. The Kier molecular flexibility index (Phi) is 2.81. The summed E-state index contributed by atoms with van der Waals surface area (Å²) in [5.74, 6) is 1.89. The second-order valence-corrected chi connectivity index (χ2v) is 4.06. The van der Waals surface area contributed by atoms with Crippen molar-refractivity contribution in [2.75, 3.05) is 36.9 Å². The topological polar surface area (TPSA) is 93.0 Å². The van der Waals surface area contributed by atoms with Crippen molar-refractivity contribution in [1.82, 2.24) is 20.2 Å². The Hall–Kier alpha value is -2.15. The lowest BCUT2D eigenvalue weighted by Crippen LogP contribution is -2.36. The lowest BCUT2D eigenvalue weighted by atomic mass is 10.3. The number of morpholine rings is 1. The van der Waals surface area contributed by atoms with Crippen LogP contribution in [0.5, 0.6) is 0 Å². The molecule has 18 heavy (non-hydrogen) atoms. The van der Waals surface area contributed by atoms with Crippen LogP contribution in [0.25, 0.3) is 11.4 Å². The number of anilines is 2. The average Bonchev–Trinajstić information content (AvgIpc) is 2.90. The zero-order valence-corrected chi connectivity index (χ0v) is 9.83. The highest BCUT2D eigenvalue weighted by molar-refractivity contribution is 5.56. The van der Waals surface area contributed by atoms with Crippen molar-refractivity contribution < 1.29 is 4.74 Å². The van der Waals surface area contributed by atoms with E-state index in [0.717, 1.165) is 18.7 Å². The average molecular weight is 246 g/mol. The van der Waals surface area contributed by atoms with Gasteiger partial charge in [0, 0.05) is 24.8 Å². The largest absolute Gasteiger partial charge is 0.384 e. The van der Waals surface area contributed by atoms with E-state index in [1.54, 1.807) is 12.3 Å². The van der Waals surface area contributed by atoms with Gasteiger partial charge in [-0.25, -0.2) is 4.98 Å². The van der Waals surface area contributed by atoms with E-state index in [4.69, 9.17) is 10.5 Å². The summed E-state index contributed by atoms with van der Waals surface area (Å²) in [6.07, 6.45) is 1.68. The Bertz CT molecular complexity index is 517. The van der Waals surface area contributed by atoms with Crippen LogP contribution in [0.2, 0.25) is 0 Å². The molecule has 94 valence electrons. The predicted molar refractivity (Wildman–Crippen MR) is 67.1 cm³/mol.